The van der Waals surface area contributed by atoms with E-state index in [1.807, 2.05) is 18.2 Å². The summed E-state index contributed by atoms with van der Waals surface area (Å²) in [7, 11) is 0. The molecule has 21 heavy (non-hydrogen) atoms. The molecule has 0 aromatic heterocycles. The van der Waals surface area contributed by atoms with E-state index in [-0.39, 0.29) is 18.3 Å². The molecular weight excluding hydrogens is 284 g/mol. The van der Waals surface area contributed by atoms with Crippen molar-refractivity contribution < 1.29 is 4.79 Å². The summed E-state index contributed by atoms with van der Waals surface area (Å²) in [4.78, 5) is 14.9. The van der Waals surface area contributed by atoms with Crippen molar-refractivity contribution in [1.82, 2.24) is 10.2 Å². The first-order valence-corrected chi connectivity index (χ1v) is 7.77. The predicted octanol–water partition coefficient (Wildman–Crippen LogP) is 3.24. The van der Waals surface area contributed by atoms with Crippen LogP contribution in [0.5, 0.6) is 0 Å². The maximum atomic E-state index is 12.8. The van der Waals surface area contributed by atoms with E-state index in [9.17, 15) is 4.79 Å². The summed E-state index contributed by atoms with van der Waals surface area (Å²) in [5.41, 5.74) is 1.21. The molecule has 1 heterocycles. The van der Waals surface area contributed by atoms with Crippen LogP contribution in [-0.2, 0) is 11.3 Å². The van der Waals surface area contributed by atoms with Crippen molar-refractivity contribution in [2.24, 2.45) is 5.92 Å². The number of halogens is 1. The van der Waals surface area contributed by atoms with E-state index in [0.29, 0.717) is 11.9 Å². The summed E-state index contributed by atoms with van der Waals surface area (Å²) in [5, 5.41) is 3.34. The maximum Gasteiger partial charge on any atom is 0.227 e. The quantitative estimate of drug-likeness (QED) is 0.905. The lowest BCUT2D eigenvalue weighted by Crippen LogP contribution is -2.46. The van der Waals surface area contributed by atoms with Crippen molar-refractivity contribution in [2.75, 3.05) is 13.1 Å². The molecule has 1 saturated heterocycles. The first-order valence-electron chi connectivity index (χ1n) is 7.77. The van der Waals surface area contributed by atoms with Gasteiger partial charge in [-0.2, -0.15) is 0 Å². The predicted molar refractivity (Wildman–Crippen MR) is 89.6 cm³/mol. The topological polar surface area (TPSA) is 32.3 Å². The third-order valence-corrected chi connectivity index (χ3v) is 4.25. The van der Waals surface area contributed by atoms with Gasteiger partial charge >= 0.3 is 0 Å². The van der Waals surface area contributed by atoms with Crippen molar-refractivity contribution in [3.63, 3.8) is 0 Å². The molecule has 2 atom stereocenters. The highest BCUT2D eigenvalue weighted by atomic mass is 35.5. The highest BCUT2D eigenvalue weighted by Gasteiger charge is 2.28. The second-order valence-corrected chi connectivity index (χ2v) is 5.75. The summed E-state index contributed by atoms with van der Waals surface area (Å²) in [6, 6.07) is 10.6. The zero-order chi connectivity index (χ0) is 14.4. The molecule has 0 saturated carbocycles. The molecule has 1 amide bonds. The van der Waals surface area contributed by atoms with Gasteiger partial charge in [-0.1, -0.05) is 37.3 Å². The van der Waals surface area contributed by atoms with Crippen LogP contribution in [0.4, 0.5) is 0 Å². The van der Waals surface area contributed by atoms with Crippen molar-refractivity contribution in [1.29, 1.82) is 0 Å². The van der Waals surface area contributed by atoms with E-state index in [1.165, 1.54) is 5.56 Å². The number of carbonyl (C=O) groups excluding carboxylic acids is 1. The molecule has 1 fully saturated rings. The summed E-state index contributed by atoms with van der Waals surface area (Å²) < 4.78 is 0. The van der Waals surface area contributed by atoms with Crippen LogP contribution in [0.25, 0.3) is 0 Å². The molecule has 3 nitrogen and oxygen atoms in total. The Morgan fingerprint density at radius 3 is 2.67 bits per heavy atom. The SMILES string of the molecule is CCC(C)N(Cc1ccccc1)C(=O)C1CCCNC1.Cl. The first-order chi connectivity index (χ1) is 9.72. The second kappa shape index (κ2) is 9.06. The molecule has 4 heteroatoms. The molecule has 1 aliphatic rings. The lowest BCUT2D eigenvalue weighted by Gasteiger charge is -2.33. The molecule has 1 aromatic rings. The zero-order valence-corrected chi connectivity index (χ0v) is 13.9. The van der Waals surface area contributed by atoms with Crippen LogP contribution in [0, 0.1) is 5.92 Å². The number of piperidine rings is 1. The summed E-state index contributed by atoms with van der Waals surface area (Å²) >= 11 is 0. The van der Waals surface area contributed by atoms with Crippen LogP contribution in [0.3, 0.4) is 0 Å². The van der Waals surface area contributed by atoms with Gasteiger partial charge in [0.2, 0.25) is 5.91 Å². The molecule has 118 valence electrons. The third kappa shape index (κ3) is 5.01. The molecular formula is C17H27ClN2O. The van der Waals surface area contributed by atoms with Crippen LogP contribution in [0.1, 0.15) is 38.7 Å². The Morgan fingerprint density at radius 1 is 1.38 bits per heavy atom. The highest BCUT2D eigenvalue weighted by Crippen LogP contribution is 2.19. The summed E-state index contributed by atoms with van der Waals surface area (Å²) in [6.45, 7) is 6.91. The fourth-order valence-corrected chi connectivity index (χ4v) is 2.75. The number of nitrogens with one attached hydrogen (secondary N) is 1. The number of rotatable bonds is 5. The van der Waals surface area contributed by atoms with Gasteiger partial charge in [0.25, 0.3) is 0 Å². The van der Waals surface area contributed by atoms with Gasteiger partial charge in [-0.05, 0) is 38.3 Å². The van der Waals surface area contributed by atoms with Gasteiger partial charge < -0.3 is 10.2 Å². The van der Waals surface area contributed by atoms with Crippen LogP contribution < -0.4 is 5.32 Å². The van der Waals surface area contributed by atoms with Gasteiger partial charge in [0.15, 0.2) is 0 Å². The average molecular weight is 311 g/mol. The molecule has 2 rings (SSSR count). The van der Waals surface area contributed by atoms with Crippen LogP contribution in [-0.4, -0.2) is 29.9 Å². The Hall–Kier alpha value is -1.06. The zero-order valence-electron chi connectivity index (χ0n) is 13.0. The molecule has 1 N–H and O–H groups in total. The molecule has 2 unspecified atom stereocenters. The number of nitrogens with zero attached hydrogens (tertiary/aromatic N) is 1. The number of hydrogen-bond acceptors (Lipinski definition) is 2. The number of amides is 1. The minimum atomic E-state index is 0. The molecule has 1 aromatic carbocycles. The fraction of sp³-hybridized carbons (Fsp3) is 0.588. The first kappa shape index (κ1) is 18.0. The fourth-order valence-electron chi connectivity index (χ4n) is 2.75. The number of hydrogen-bond donors (Lipinski definition) is 1. The maximum absolute atomic E-state index is 12.8. The van der Waals surface area contributed by atoms with E-state index in [1.54, 1.807) is 0 Å². The largest absolute Gasteiger partial charge is 0.335 e. The van der Waals surface area contributed by atoms with Crippen molar-refractivity contribution in [2.45, 2.75) is 45.7 Å². The Morgan fingerprint density at radius 2 is 2.10 bits per heavy atom. The third-order valence-electron chi connectivity index (χ3n) is 4.25. The van der Waals surface area contributed by atoms with Crippen molar-refractivity contribution in [3.05, 3.63) is 35.9 Å². The Kier molecular flexibility index (Phi) is 7.76. The molecule has 1 aliphatic heterocycles. The Balaban J connectivity index is 0.00000220. The molecule has 0 bridgehead atoms. The van der Waals surface area contributed by atoms with E-state index in [0.717, 1.165) is 38.9 Å². The lowest BCUT2D eigenvalue weighted by atomic mass is 9.97. The Bertz CT molecular complexity index is 418. The van der Waals surface area contributed by atoms with Gasteiger partial charge in [0.05, 0.1) is 5.92 Å². The van der Waals surface area contributed by atoms with Gasteiger partial charge in [-0.25, -0.2) is 0 Å². The summed E-state index contributed by atoms with van der Waals surface area (Å²) in [6.07, 6.45) is 3.13. The minimum absolute atomic E-state index is 0. The summed E-state index contributed by atoms with van der Waals surface area (Å²) in [5.74, 6) is 0.469. The van der Waals surface area contributed by atoms with Crippen LogP contribution in [0.2, 0.25) is 0 Å². The Labute approximate surface area is 134 Å². The van der Waals surface area contributed by atoms with Gasteiger partial charge in [-0.3, -0.25) is 4.79 Å². The number of carbonyl (C=O) groups is 1. The van der Waals surface area contributed by atoms with Crippen LogP contribution in [0.15, 0.2) is 30.3 Å². The van der Waals surface area contributed by atoms with E-state index in [2.05, 4.69) is 36.2 Å². The lowest BCUT2D eigenvalue weighted by molar-refractivity contribution is -0.139. The van der Waals surface area contributed by atoms with Gasteiger partial charge in [0.1, 0.15) is 0 Å². The average Bonchev–Trinajstić information content (AvgIpc) is 2.53. The van der Waals surface area contributed by atoms with Gasteiger partial charge in [-0.15, -0.1) is 12.4 Å². The van der Waals surface area contributed by atoms with E-state index >= 15 is 0 Å². The highest BCUT2D eigenvalue weighted by molar-refractivity contribution is 5.85. The van der Waals surface area contributed by atoms with Crippen molar-refractivity contribution in [3.8, 4) is 0 Å². The van der Waals surface area contributed by atoms with Crippen LogP contribution >= 0.6 is 12.4 Å². The molecule has 0 spiro atoms. The normalized spacial score (nSPS) is 19.4. The number of benzene rings is 1. The van der Waals surface area contributed by atoms with E-state index < -0.39 is 0 Å². The standard InChI is InChI=1S/C17H26N2O.ClH/c1-3-14(2)19(13-15-8-5-4-6-9-15)17(20)16-10-7-11-18-12-16;/h4-6,8-9,14,16,18H,3,7,10-13H2,1-2H3;1H. The molecule has 0 aliphatic carbocycles. The van der Waals surface area contributed by atoms with Gasteiger partial charge in [0, 0.05) is 19.1 Å². The van der Waals surface area contributed by atoms with Crippen molar-refractivity contribution >= 4 is 18.3 Å². The van der Waals surface area contributed by atoms with E-state index in [4.69, 9.17) is 0 Å². The minimum Gasteiger partial charge on any atom is -0.335 e. The second-order valence-electron chi connectivity index (χ2n) is 5.75. The monoisotopic (exact) mass is 310 g/mol. The smallest absolute Gasteiger partial charge is 0.227 e. The molecule has 0 radical (unpaired) electrons.